The fourth-order valence-corrected chi connectivity index (χ4v) is 3.09. The first kappa shape index (κ1) is 18.0. The number of methoxy groups -OCH3 is 2. The van der Waals surface area contributed by atoms with Gasteiger partial charge in [0.2, 0.25) is 0 Å². The predicted octanol–water partition coefficient (Wildman–Crippen LogP) is 2.31. The number of nitrogens with zero attached hydrogens (tertiary/aromatic N) is 1. The monoisotopic (exact) mass is 323 g/mol. The highest BCUT2D eigenvalue weighted by atomic mass is 16.5. The topological polar surface area (TPSA) is 51.2 Å². The molecule has 1 N–H and O–H groups in total. The number of aliphatic hydroxyl groups is 1. The number of hydrogen-bond acceptors (Lipinski definition) is 5. The van der Waals surface area contributed by atoms with Crippen LogP contribution in [0.25, 0.3) is 0 Å². The Bertz CT molecular complexity index is 480. The molecule has 5 nitrogen and oxygen atoms in total. The van der Waals surface area contributed by atoms with Crippen molar-refractivity contribution in [2.24, 2.45) is 5.92 Å². The third kappa shape index (κ3) is 5.68. The molecule has 1 aliphatic rings. The molecule has 1 heterocycles. The van der Waals surface area contributed by atoms with Crippen LogP contribution >= 0.6 is 0 Å². The van der Waals surface area contributed by atoms with Crippen LogP contribution in [0.3, 0.4) is 0 Å². The van der Waals surface area contributed by atoms with Crippen molar-refractivity contribution in [3.05, 3.63) is 23.8 Å². The van der Waals surface area contributed by atoms with E-state index in [1.165, 1.54) is 12.8 Å². The Labute approximate surface area is 139 Å². The van der Waals surface area contributed by atoms with E-state index in [4.69, 9.17) is 14.2 Å². The Hall–Kier alpha value is -1.30. The van der Waals surface area contributed by atoms with E-state index >= 15 is 0 Å². The van der Waals surface area contributed by atoms with E-state index in [1.54, 1.807) is 14.2 Å². The molecule has 1 fully saturated rings. The number of β-amino-alcohol motifs (C(OH)–C–C–N with tert-alkyl or cyclic N) is 1. The highest BCUT2D eigenvalue weighted by Gasteiger charge is 2.18. The zero-order valence-corrected chi connectivity index (χ0v) is 14.5. The average Bonchev–Trinajstić information content (AvgIpc) is 2.54. The second kappa shape index (κ2) is 9.11. The fourth-order valence-electron chi connectivity index (χ4n) is 3.09. The summed E-state index contributed by atoms with van der Waals surface area (Å²) in [5.74, 6) is 2.12. The van der Waals surface area contributed by atoms with Gasteiger partial charge in [0, 0.05) is 13.1 Å². The van der Waals surface area contributed by atoms with Crippen LogP contribution in [0, 0.1) is 5.92 Å². The second-order valence-electron chi connectivity index (χ2n) is 6.37. The van der Waals surface area contributed by atoms with Crippen molar-refractivity contribution in [1.29, 1.82) is 0 Å². The molecule has 0 aromatic heterocycles. The second-order valence-corrected chi connectivity index (χ2v) is 6.37. The summed E-state index contributed by atoms with van der Waals surface area (Å²) in [4.78, 5) is 2.33. The molecule has 23 heavy (non-hydrogen) atoms. The third-order valence-electron chi connectivity index (χ3n) is 4.24. The predicted molar refractivity (Wildman–Crippen MR) is 90.0 cm³/mol. The molecule has 1 aromatic rings. The van der Waals surface area contributed by atoms with E-state index in [2.05, 4.69) is 11.8 Å². The number of rotatable bonds is 8. The van der Waals surface area contributed by atoms with Gasteiger partial charge in [-0.05, 0) is 43.0 Å². The van der Waals surface area contributed by atoms with E-state index < -0.39 is 6.10 Å². The van der Waals surface area contributed by atoms with Gasteiger partial charge in [-0.1, -0.05) is 13.0 Å². The molecule has 2 atom stereocenters. The smallest absolute Gasteiger partial charge is 0.161 e. The van der Waals surface area contributed by atoms with Crippen molar-refractivity contribution in [3.63, 3.8) is 0 Å². The molecule has 0 radical (unpaired) electrons. The SMILES string of the molecule is COc1ccc(COC[C@@H](O)CN2CCC[C@H](C)C2)cc1OC. The van der Waals surface area contributed by atoms with Gasteiger partial charge in [-0.25, -0.2) is 0 Å². The Kier molecular flexibility index (Phi) is 7.15. The first-order chi connectivity index (χ1) is 11.1. The molecular formula is C18H29NO4. The van der Waals surface area contributed by atoms with Gasteiger partial charge in [-0.15, -0.1) is 0 Å². The van der Waals surface area contributed by atoms with Gasteiger partial charge in [-0.3, -0.25) is 0 Å². The molecule has 2 rings (SSSR count). The maximum Gasteiger partial charge on any atom is 0.161 e. The van der Waals surface area contributed by atoms with Crippen LogP contribution < -0.4 is 9.47 Å². The summed E-state index contributed by atoms with van der Waals surface area (Å²) in [6, 6.07) is 5.71. The summed E-state index contributed by atoms with van der Waals surface area (Å²) in [6.07, 6.45) is 2.07. The van der Waals surface area contributed by atoms with E-state index in [9.17, 15) is 5.11 Å². The normalized spacial score (nSPS) is 20.3. The van der Waals surface area contributed by atoms with Crippen LogP contribution in [0.1, 0.15) is 25.3 Å². The van der Waals surface area contributed by atoms with Crippen LogP contribution in [0.5, 0.6) is 11.5 Å². The summed E-state index contributed by atoms with van der Waals surface area (Å²) in [6.45, 7) is 5.92. The fraction of sp³-hybridized carbons (Fsp3) is 0.667. The lowest BCUT2D eigenvalue weighted by molar-refractivity contribution is 0.00373. The Morgan fingerprint density at radius 2 is 2.04 bits per heavy atom. The Balaban J connectivity index is 1.73. The largest absolute Gasteiger partial charge is 0.493 e. The van der Waals surface area contributed by atoms with Gasteiger partial charge < -0.3 is 24.2 Å². The number of hydrogen-bond donors (Lipinski definition) is 1. The molecule has 130 valence electrons. The molecule has 1 aromatic carbocycles. The van der Waals surface area contributed by atoms with E-state index in [-0.39, 0.29) is 0 Å². The first-order valence-electron chi connectivity index (χ1n) is 8.31. The Morgan fingerprint density at radius 1 is 1.26 bits per heavy atom. The van der Waals surface area contributed by atoms with Crippen LogP contribution in [0.15, 0.2) is 18.2 Å². The number of benzene rings is 1. The van der Waals surface area contributed by atoms with Crippen molar-refractivity contribution in [2.75, 3.05) is 40.5 Å². The van der Waals surface area contributed by atoms with Gasteiger partial charge in [-0.2, -0.15) is 0 Å². The van der Waals surface area contributed by atoms with Gasteiger partial charge in [0.15, 0.2) is 11.5 Å². The average molecular weight is 323 g/mol. The van der Waals surface area contributed by atoms with Crippen molar-refractivity contribution in [1.82, 2.24) is 4.90 Å². The molecule has 0 unspecified atom stereocenters. The lowest BCUT2D eigenvalue weighted by atomic mass is 10.0. The summed E-state index contributed by atoms with van der Waals surface area (Å²) in [5, 5.41) is 10.1. The van der Waals surface area contributed by atoms with E-state index in [0.717, 1.165) is 24.6 Å². The summed E-state index contributed by atoms with van der Waals surface area (Å²) in [5.41, 5.74) is 1.00. The molecule has 0 amide bonds. The minimum atomic E-state index is -0.444. The summed E-state index contributed by atoms with van der Waals surface area (Å²) >= 11 is 0. The lowest BCUT2D eigenvalue weighted by Crippen LogP contribution is -2.40. The minimum Gasteiger partial charge on any atom is -0.493 e. The number of aliphatic hydroxyl groups excluding tert-OH is 1. The maximum atomic E-state index is 10.1. The third-order valence-corrected chi connectivity index (χ3v) is 4.24. The molecule has 5 heteroatoms. The number of ether oxygens (including phenoxy) is 3. The van der Waals surface area contributed by atoms with E-state index in [1.807, 2.05) is 18.2 Å². The maximum absolute atomic E-state index is 10.1. The Morgan fingerprint density at radius 3 is 2.74 bits per heavy atom. The van der Waals surface area contributed by atoms with Gasteiger partial charge in [0.05, 0.1) is 33.5 Å². The minimum absolute atomic E-state index is 0.346. The van der Waals surface area contributed by atoms with E-state index in [0.29, 0.717) is 31.3 Å². The zero-order valence-electron chi connectivity index (χ0n) is 14.5. The van der Waals surface area contributed by atoms with Crippen LogP contribution in [-0.2, 0) is 11.3 Å². The summed E-state index contributed by atoms with van der Waals surface area (Å²) in [7, 11) is 3.23. The first-order valence-corrected chi connectivity index (χ1v) is 8.31. The molecule has 1 saturated heterocycles. The zero-order chi connectivity index (χ0) is 16.7. The van der Waals surface area contributed by atoms with Crippen molar-refractivity contribution in [2.45, 2.75) is 32.5 Å². The molecule has 0 bridgehead atoms. The van der Waals surface area contributed by atoms with Gasteiger partial charge in [0.1, 0.15) is 0 Å². The van der Waals surface area contributed by atoms with Crippen LogP contribution in [-0.4, -0.2) is 56.6 Å². The standard InChI is InChI=1S/C18H29NO4/c1-14-5-4-8-19(10-14)11-16(20)13-23-12-15-6-7-17(21-2)18(9-15)22-3/h6-7,9,14,16,20H,4-5,8,10-13H2,1-3H3/t14-,16-/m0/s1. The van der Waals surface area contributed by atoms with Gasteiger partial charge in [0.25, 0.3) is 0 Å². The highest BCUT2D eigenvalue weighted by Crippen LogP contribution is 2.27. The molecule has 0 aliphatic carbocycles. The molecular weight excluding hydrogens is 294 g/mol. The summed E-state index contributed by atoms with van der Waals surface area (Å²) < 4.78 is 16.1. The molecule has 0 saturated carbocycles. The number of likely N-dealkylation sites (tertiary alicyclic amines) is 1. The quantitative estimate of drug-likeness (QED) is 0.796. The molecule has 0 spiro atoms. The lowest BCUT2D eigenvalue weighted by Gasteiger charge is -2.32. The molecule has 1 aliphatic heterocycles. The van der Waals surface area contributed by atoms with Gasteiger partial charge >= 0.3 is 0 Å². The van der Waals surface area contributed by atoms with Crippen LogP contribution in [0.4, 0.5) is 0 Å². The van der Waals surface area contributed by atoms with Crippen molar-refractivity contribution in [3.8, 4) is 11.5 Å². The number of piperidine rings is 1. The highest BCUT2D eigenvalue weighted by molar-refractivity contribution is 5.42. The van der Waals surface area contributed by atoms with Crippen molar-refractivity contribution < 1.29 is 19.3 Å². The van der Waals surface area contributed by atoms with Crippen molar-refractivity contribution >= 4 is 0 Å². The van der Waals surface area contributed by atoms with Crippen LogP contribution in [0.2, 0.25) is 0 Å².